The number of aliphatic hydroxyl groups is 1. The summed E-state index contributed by atoms with van der Waals surface area (Å²) in [6.45, 7) is 4.77. The number of para-hydroxylation sites is 1. The maximum atomic E-state index is 13.9. The van der Waals surface area contributed by atoms with Crippen LogP contribution in [0, 0.1) is 18.6 Å². The lowest BCUT2D eigenvalue weighted by atomic mass is 10.2. The molecular weight excluding hydrogens is 330 g/mol. The second-order valence-corrected chi connectivity index (χ2v) is 6.03. The van der Waals surface area contributed by atoms with Gasteiger partial charge >= 0.3 is 0 Å². The van der Waals surface area contributed by atoms with Gasteiger partial charge in [0, 0.05) is 44.5 Å². The van der Waals surface area contributed by atoms with Crippen LogP contribution in [0.15, 0.2) is 24.4 Å². The van der Waals surface area contributed by atoms with Crippen LogP contribution in [0.3, 0.4) is 0 Å². The molecule has 6 nitrogen and oxygen atoms in total. The van der Waals surface area contributed by atoms with Gasteiger partial charge < -0.3 is 10.0 Å². The van der Waals surface area contributed by atoms with Crippen molar-refractivity contribution in [1.82, 2.24) is 19.6 Å². The third-order valence-electron chi connectivity index (χ3n) is 4.34. The Hall–Kier alpha value is -2.32. The molecule has 1 N–H and O–H groups in total. The molecule has 0 aliphatic carbocycles. The molecular formula is C17H20F2N4O2. The van der Waals surface area contributed by atoms with Gasteiger partial charge in [-0.1, -0.05) is 6.07 Å². The Balaban J connectivity index is 1.80. The number of hydrogen-bond acceptors (Lipinski definition) is 4. The zero-order valence-corrected chi connectivity index (χ0v) is 14.0. The summed E-state index contributed by atoms with van der Waals surface area (Å²) in [7, 11) is 0. The monoisotopic (exact) mass is 350 g/mol. The highest BCUT2D eigenvalue weighted by Gasteiger charge is 2.26. The van der Waals surface area contributed by atoms with E-state index >= 15 is 0 Å². The topological polar surface area (TPSA) is 61.6 Å². The zero-order chi connectivity index (χ0) is 18.0. The molecule has 8 heteroatoms. The summed E-state index contributed by atoms with van der Waals surface area (Å²) in [5, 5.41) is 13.1. The summed E-state index contributed by atoms with van der Waals surface area (Å²) in [4.78, 5) is 16.4. The Labute approximate surface area is 144 Å². The van der Waals surface area contributed by atoms with Gasteiger partial charge in [-0.25, -0.2) is 13.5 Å². The van der Waals surface area contributed by atoms with E-state index in [4.69, 9.17) is 5.11 Å². The van der Waals surface area contributed by atoms with Crippen LogP contribution in [0.2, 0.25) is 0 Å². The summed E-state index contributed by atoms with van der Waals surface area (Å²) >= 11 is 0. The largest absolute Gasteiger partial charge is 0.395 e. The number of piperazine rings is 1. The smallest absolute Gasteiger partial charge is 0.274 e. The molecule has 0 spiro atoms. The average Bonchev–Trinajstić information content (AvgIpc) is 2.96. The summed E-state index contributed by atoms with van der Waals surface area (Å²) in [5.41, 5.74) is 0.459. The molecule has 0 saturated carbocycles. The fourth-order valence-electron chi connectivity index (χ4n) is 2.96. The van der Waals surface area contributed by atoms with E-state index in [1.54, 1.807) is 11.8 Å². The number of aryl methyl sites for hydroxylation is 1. The van der Waals surface area contributed by atoms with E-state index in [9.17, 15) is 13.6 Å². The van der Waals surface area contributed by atoms with Crippen molar-refractivity contribution in [3.05, 3.63) is 47.3 Å². The molecule has 2 aromatic rings. The van der Waals surface area contributed by atoms with Crippen molar-refractivity contribution >= 4 is 5.91 Å². The van der Waals surface area contributed by atoms with Crippen LogP contribution < -0.4 is 0 Å². The molecule has 0 atom stereocenters. The van der Waals surface area contributed by atoms with Gasteiger partial charge in [-0.15, -0.1) is 0 Å². The Morgan fingerprint density at radius 3 is 2.44 bits per heavy atom. The minimum atomic E-state index is -0.737. The van der Waals surface area contributed by atoms with Gasteiger partial charge in [0.15, 0.2) is 17.3 Å². The second kappa shape index (κ2) is 7.28. The number of carbonyl (C=O) groups is 1. The lowest BCUT2D eigenvalue weighted by molar-refractivity contribution is 0.0608. The van der Waals surface area contributed by atoms with Crippen LogP contribution in [0.5, 0.6) is 0 Å². The zero-order valence-electron chi connectivity index (χ0n) is 14.0. The minimum absolute atomic E-state index is 0.0890. The molecule has 134 valence electrons. The number of β-amino-alcohol motifs (C(OH)–C–C–N with tert-alkyl or cyclic N) is 1. The van der Waals surface area contributed by atoms with Crippen molar-refractivity contribution in [2.75, 3.05) is 39.3 Å². The van der Waals surface area contributed by atoms with E-state index in [0.717, 1.165) is 16.8 Å². The van der Waals surface area contributed by atoms with Crippen LogP contribution in [-0.4, -0.2) is 69.9 Å². The molecule has 1 aromatic carbocycles. The fraction of sp³-hybridized carbons (Fsp3) is 0.412. The number of amides is 1. The molecule has 1 aliphatic rings. The number of benzene rings is 1. The molecule has 2 heterocycles. The van der Waals surface area contributed by atoms with Crippen molar-refractivity contribution in [3.63, 3.8) is 0 Å². The van der Waals surface area contributed by atoms with E-state index < -0.39 is 11.6 Å². The number of nitrogens with zero attached hydrogens (tertiary/aromatic N) is 4. The number of aliphatic hydroxyl groups excluding tert-OH is 1. The summed E-state index contributed by atoms with van der Waals surface area (Å²) in [5.74, 6) is -1.73. The molecule has 1 aliphatic heterocycles. The molecule has 0 radical (unpaired) electrons. The minimum Gasteiger partial charge on any atom is -0.395 e. The molecule has 1 fully saturated rings. The lowest BCUT2D eigenvalue weighted by Gasteiger charge is -2.34. The van der Waals surface area contributed by atoms with Crippen LogP contribution in [0.1, 0.15) is 16.1 Å². The van der Waals surface area contributed by atoms with Gasteiger partial charge in [0.25, 0.3) is 5.91 Å². The molecule has 25 heavy (non-hydrogen) atoms. The van der Waals surface area contributed by atoms with Crippen molar-refractivity contribution < 1.29 is 18.7 Å². The van der Waals surface area contributed by atoms with Gasteiger partial charge in [0.1, 0.15) is 5.69 Å². The molecule has 0 bridgehead atoms. The van der Waals surface area contributed by atoms with Crippen LogP contribution in [0.4, 0.5) is 8.78 Å². The van der Waals surface area contributed by atoms with E-state index in [0.29, 0.717) is 38.3 Å². The van der Waals surface area contributed by atoms with E-state index in [-0.39, 0.29) is 23.9 Å². The number of aromatic nitrogens is 2. The quantitative estimate of drug-likeness (QED) is 0.900. The Kier molecular flexibility index (Phi) is 5.10. The standard InChI is InChI=1S/C17H20F2N4O2/c1-12-11-23(16-13(18)3-2-4-14(16)19)20-15(12)17(25)22-7-5-21(6-8-22)9-10-24/h2-4,11,24H,5-10H2,1H3. The van der Waals surface area contributed by atoms with Gasteiger partial charge in [-0.3, -0.25) is 9.69 Å². The summed E-state index contributed by atoms with van der Waals surface area (Å²) < 4.78 is 28.9. The van der Waals surface area contributed by atoms with Crippen molar-refractivity contribution in [2.24, 2.45) is 0 Å². The van der Waals surface area contributed by atoms with Gasteiger partial charge in [0.05, 0.1) is 6.61 Å². The maximum Gasteiger partial charge on any atom is 0.274 e. The van der Waals surface area contributed by atoms with Crippen molar-refractivity contribution in [3.8, 4) is 5.69 Å². The Bertz CT molecular complexity index is 750. The van der Waals surface area contributed by atoms with Crippen LogP contribution >= 0.6 is 0 Å². The molecule has 1 amide bonds. The maximum absolute atomic E-state index is 13.9. The van der Waals surface area contributed by atoms with E-state index in [1.165, 1.54) is 12.3 Å². The van der Waals surface area contributed by atoms with Crippen LogP contribution in [0.25, 0.3) is 5.69 Å². The first-order chi connectivity index (χ1) is 12.0. The molecule has 1 saturated heterocycles. The number of carbonyl (C=O) groups excluding carboxylic acids is 1. The molecule has 3 rings (SSSR count). The predicted molar refractivity (Wildman–Crippen MR) is 87.6 cm³/mol. The Morgan fingerprint density at radius 2 is 1.84 bits per heavy atom. The highest BCUT2D eigenvalue weighted by molar-refractivity contribution is 5.93. The third-order valence-corrected chi connectivity index (χ3v) is 4.34. The molecule has 0 unspecified atom stereocenters. The normalized spacial score (nSPS) is 15.6. The summed E-state index contributed by atoms with van der Waals surface area (Å²) in [6, 6.07) is 3.58. The van der Waals surface area contributed by atoms with Crippen LogP contribution in [-0.2, 0) is 0 Å². The first-order valence-electron chi connectivity index (χ1n) is 8.14. The van der Waals surface area contributed by atoms with E-state index in [2.05, 4.69) is 10.00 Å². The van der Waals surface area contributed by atoms with Gasteiger partial charge in [-0.05, 0) is 19.1 Å². The first-order valence-corrected chi connectivity index (χ1v) is 8.14. The predicted octanol–water partition coefficient (Wildman–Crippen LogP) is 1.21. The first kappa shape index (κ1) is 17.5. The van der Waals surface area contributed by atoms with Crippen molar-refractivity contribution in [2.45, 2.75) is 6.92 Å². The average molecular weight is 350 g/mol. The highest BCUT2D eigenvalue weighted by atomic mass is 19.1. The summed E-state index contributed by atoms with van der Waals surface area (Å²) in [6.07, 6.45) is 1.46. The highest BCUT2D eigenvalue weighted by Crippen LogP contribution is 2.19. The van der Waals surface area contributed by atoms with Gasteiger partial charge in [-0.2, -0.15) is 5.10 Å². The third kappa shape index (κ3) is 3.54. The number of hydrogen-bond donors (Lipinski definition) is 1. The van der Waals surface area contributed by atoms with E-state index in [1.807, 2.05) is 0 Å². The number of rotatable bonds is 4. The van der Waals surface area contributed by atoms with Gasteiger partial charge in [0.2, 0.25) is 0 Å². The molecule has 1 aromatic heterocycles. The fourth-order valence-corrected chi connectivity index (χ4v) is 2.96. The second-order valence-electron chi connectivity index (χ2n) is 6.03. The lowest BCUT2D eigenvalue weighted by Crippen LogP contribution is -2.49. The van der Waals surface area contributed by atoms with Crippen molar-refractivity contribution in [1.29, 1.82) is 0 Å². The number of halogens is 2. The Morgan fingerprint density at radius 1 is 1.20 bits per heavy atom. The SMILES string of the molecule is Cc1cn(-c2c(F)cccc2F)nc1C(=O)N1CCN(CCO)CC1.